The molecule has 0 unspecified atom stereocenters. The predicted molar refractivity (Wildman–Crippen MR) is 495 cm³/mol. The van der Waals surface area contributed by atoms with Gasteiger partial charge in [0.25, 0.3) is 0 Å². The Morgan fingerprint density at radius 3 is 1.32 bits per heavy atom. The Kier molecular flexibility index (Phi) is 15.6. The molecule has 6 nitrogen and oxygen atoms in total. The Hall–Kier alpha value is -15.5. The second-order valence-electron chi connectivity index (χ2n) is 30.6. The molecule has 0 radical (unpaired) electrons. The third-order valence-corrected chi connectivity index (χ3v) is 24.1. The molecule has 0 atom stereocenters. The van der Waals surface area contributed by atoms with Crippen LogP contribution in [0, 0.1) is 0 Å². The number of benzene rings is 17. The fourth-order valence-corrected chi connectivity index (χ4v) is 18.7. The summed E-state index contributed by atoms with van der Waals surface area (Å²) in [5.74, 6) is 0. The summed E-state index contributed by atoms with van der Waals surface area (Å²) in [4.78, 5) is 32.6. The molecule has 0 saturated carbocycles. The normalized spacial score (nSPS) is 12.0. The van der Waals surface area contributed by atoms with Crippen LogP contribution in [0.4, 0.5) is 0 Å². The number of pyridine rings is 6. The van der Waals surface area contributed by atoms with E-state index in [-0.39, 0.29) is 0 Å². The first kappa shape index (κ1) is 67.2. The quantitative estimate of drug-likeness (QED) is 0.0949. The van der Waals surface area contributed by atoms with Crippen molar-refractivity contribution < 1.29 is 0 Å². The average molecular weight is 1490 g/mol. The predicted octanol–water partition coefficient (Wildman–Crippen LogP) is 29.7. The van der Waals surface area contributed by atoms with Gasteiger partial charge in [-0.1, -0.05) is 292 Å². The van der Waals surface area contributed by atoms with Crippen LogP contribution in [0.2, 0.25) is 0 Å². The van der Waals surface area contributed by atoms with Gasteiger partial charge in [0.1, 0.15) is 0 Å². The van der Waals surface area contributed by atoms with Gasteiger partial charge in [-0.25, -0.2) is 19.9 Å². The molecule has 117 heavy (non-hydrogen) atoms. The van der Waals surface area contributed by atoms with Crippen LogP contribution in [0.5, 0.6) is 0 Å². The van der Waals surface area contributed by atoms with E-state index in [1.54, 1.807) is 0 Å². The van der Waals surface area contributed by atoms with Crippen molar-refractivity contribution in [2.75, 3.05) is 0 Å². The van der Waals surface area contributed by atoms with E-state index in [9.17, 15) is 0 Å². The average Bonchev–Trinajstić information content (AvgIpc) is 0.742. The number of rotatable bonds is 11. The number of aromatic nitrogens is 6. The molecule has 0 aliphatic heterocycles. The summed E-state index contributed by atoms with van der Waals surface area (Å²) in [5.41, 5.74) is 26.2. The molecule has 0 aliphatic carbocycles. The summed E-state index contributed by atoms with van der Waals surface area (Å²) in [7, 11) is 0. The smallest absolute Gasteiger partial charge is 0.0994 e. The van der Waals surface area contributed by atoms with Crippen molar-refractivity contribution in [1.82, 2.24) is 29.9 Å². The van der Waals surface area contributed by atoms with Crippen molar-refractivity contribution in [3.05, 3.63) is 388 Å². The summed E-state index contributed by atoms with van der Waals surface area (Å²) in [6.07, 6.45) is 10.1. The molecule has 6 aromatic heterocycles. The van der Waals surface area contributed by atoms with Crippen LogP contribution >= 0.6 is 0 Å². The zero-order valence-electron chi connectivity index (χ0n) is 63.8. The maximum atomic E-state index is 5.66. The highest BCUT2D eigenvalue weighted by Crippen LogP contribution is 2.49. The number of hydrogen-bond donors (Lipinski definition) is 0. The number of fused-ring (bicyclic) bond motifs is 18. The minimum absolute atomic E-state index is 0.787. The lowest BCUT2D eigenvalue weighted by molar-refractivity contribution is 1.36. The van der Waals surface area contributed by atoms with Gasteiger partial charge < -0.3 is 0 Å². The summed E-state index contributed by atoms with van der Waals surface area (Å²) in [6.45, 7) is 6.54. The minimum atomic E-state index is 0.787. The molecule has 0 amide bonds. The zero-order valence-corrected chi connectivity index (χ0v) is 63.8. The second-order valence-corrected chi connectivity index (χ2v) is 30.6. The van der Waals surface area contributed by atoms with Crippen LogP contribution < -0.4 is 0 Å². The summed E-state index contributed by atoms with van der Waals surface area (Å²) in [5, 5.41) is 22.5. The van der Waals surface area contributed by atoms with E-state index in [1.165, 1.54) is 92.5 Å². The van der Waals surface area contributed by atoms with E-state index in [1.807, 2.05) is 30.6 Å². The zero-order chi connectivity index (χ0) is 77.3. The monoisotopic (exact) mass is 1480 g/mol. The number of allylic oxidation sites excluding steroid dienone is 1. The van der Waals surface area contributed by atoms with Gasteiger partial charge in [0, 0.05) is 72.4 Å². The largest absolute Gasteiger partial charge is 0.254 e. The molecule has 0 spiro atoms. The van der Waals surface area contributed by atoms with Gasteiger partial charge in [-0.2, -0.15) is 0 Å². The van der Waals surface area contributed by atoms with Gasteiger partial charge in [-0.15, -0.1) is 0 Å². The molecule has 6 heterocycles. The van der Waals surface area contributed by atoms with Gasteiger partial charge >= 0.3 is 0 Å². The molecular formula is C111H68N6. The molecule has 23 rings (SSSR count). The van der Waals surface area contributed by atoms with Crippen molar-refractivity contribution in [2.45, 2.75) is 6.92 Å². The van der Waals surface area contributed by atoms with Crippen LogP contribution in [0.1, 0.15) is 18.1 Å². The van der Waals surface area contributed by atoms with Crippen LogP contribution in [0.15, 0.2) is 377 Å². The van der Waals surface area contributed by atoms with Crippen LogP contribution in [-0.2, 0) is 0 Å². The highest BCUT2D eigenvalue weighted by Gasteiger charge is 2.25. The highest BCUT2D eigenvalue weighted by molar-refractivity contribution is 6.25. The molecular weight excluding hydrogens is 1420 g/mol. The first-order valence-electron chi connectivity index (χ1n) is 39.9. The fourth-order valence-electron chi connectivity index (χ4n) is 18.7. The SMILES string of the molecule is C=Cc1c(/C=C\C)c(-c2ccc(-c3cc(-c4cccc(-c5ccc6c7cccnc7c7nc(-c8cc9ccc(-c%10ccc%11c(-c%12ccc%13ccccc%13c%12)c%12ccccc%12c(-c%12ccc%13ccccc%13c%12)c%11c%10)nc9c9ccccc89)ccc7c6n5)c4)c4ccc5cccnc5c4n3)cc2)c2ccccc2c1-c1ccc2ccccc2c1. The van der Waals surface area contributed by atoms with Gasteiger partial charge in [-0.3, -0.25) is 9.97 Å². The van der Waals surface area contributed by atoms with Crippen LogP contribution in [0.25, 0.3) is 254 Å². The highest BCUT2D eigenvalue weighted by atomic mass is 14.8. The number of nitrogens with zero attached hydrogens (tertiary/aromatic N) is 6. The fraction of sp³-hybridized carbons (Fsp3) is 0.00901. The molecule has 23 aromatic rings. The maximum absolute atomic E-state index is 5.66. The van der Waals surface area contributed by atoms with Crippen molar-refractivity contribution in [3.8, 4) is 101 Å². The van der Waals surface area contributed by atoms with Crippen LogP contribution in [0.3, 0.4) is 0 Å². The topological polar surface area (TPSA) is 77.3 Å². The standard InChI is InChI=1S/C111H68N6/c1-3-20-84-82(4-2)103(78-44-37-66-21-5-8-24-72(66)59-78)86-32-13-12-31-85(86)102(84)70-42-40-69(41-43-70)101-65-95(93-51-47-71-29-18-57-112-107(71)110(93)117-101)75-27-17-28-76(62-75)99-55-52-92-91-36-19-58-113-109(91)111-94(108(92)115-99)53-56-100(116-111)96-64-81-49-54-98(114-106(81)90-35-16-11-30-83(90)96)77-48-50-89-97(63-77)105(80-46-39-68-23-7-10-26-74(68)61-80)88-34-15-14-33-87(88)104(89)79-45-38-67-22-6-9-25-73(67)60-79/h3-65H,2H2,1H3/b20-3-. The summed E-state index contributed by atoms with van der Waals surface area (Å²) < 4.78 is 0. The van der Waals surface area contributed by atoms with Gasteiger partial charge in [0.05, 0.1) is 55.9 Å². The molecule has 17 aromatic carbocycles. The first-order chi connectivity index (χ1) is 57.9. The van der Waals surface area contributed by atoms with Crippen molar-refractivity contribution in [2.24, 2.45) is 0 Å². The summed E-state index contributed by atoms with van der Waals surface area (Å²) >= 11 is 0. The minimum Gasteiger partial charge on any atom is -0.254 e. The maximum Gasteiger partial charge on any atom is 0.0994 e. The third kappa shape index (κ3) is 11.0. The molecule has 0 bridgehead atoms. The third-order valence-electron chi connectivity index (χ3n) is 24.1. The lowest BCUT2D eigenvalue weighted by Crippen LogP contribution is -1.96. The van der Waals surface area contributed by atoms with Gasteiger partial charge in [-0.05, 0) is 229 Å². The van der Waals surface area contributed by atoms with Crippen molar-refractivity contribution in [1.29, 1.82) is 0 Å². The van der Waals surface area contributed by atoms with Crippen LogP contribution in [-0.4, -0.2) is 29.9 Å². The van der Waals surface area contributed by atoms with E-state index >= 15 is 0 Å². The Morgan fingerprint density at radius 1 is 0.214 bits per heavy atom. The van der Waals surface area contributed by atoms with Crippen molar-refractivity contribution >= 4 is 153 Å². The van der Waals surface area contributed by atoms with E-state index in [2.05, 4.69) is 365 Å². The van der Waals surface area contributed by atoms with E-state index < -0.39 is 0 Å². The Labute approximate surface area is 674 Å². The summed E-state index contributed by atoms with van der Waals surface area (Å²) in [6, 6.07) is 128. The van der Waals surface area contributed by atoms with E-state index in [0.29, 0.717) is 0 Å². The molecule has 0 aliphatic rings. The second kappa shape index (κ2) is 27.1. The molecule has 542 valence electrons. The number of hydrogen-bond acceptors (Lipinski definition) is 6. The Morgan fingerprint density at radius 2 is 0.641 bits per heavy atom. The Bertz CT molecular complexity index is 8240. The molecule has 0 fully saturated rings. The van der Waals surface area contributed by atoms with E-state index in [4.69, 9.17) is 29.9 Å². The van der Waals surface area contributed by atoms with Gasteiger partial charge in [0.15, 0.2) is 0 Å². The lowest BCUT2D eigenvalue weighted by atomic mass is 9.83. The first-order valence-corrected chi connectivity index (χ1v) is 39.9. The van der Waals surface area contributed by atoms with Crippen molar-refractivity contribution in [3.63, 3.8) is 0 Å². The molecule has 6 heteroatoms. The molecule has 0 N–H and O–H groups in total. The van der Waals surface area contributed by atoms with E-state index in [0.717, 1.165) is 160 Å². The van der Waals surface area contributed by atoms with Gasteiger partial charge in [0.2, 0.25) is 0 Å². The Balaban J connectivity index is 0.619. The lowest BCUT2D eigenvalue weighted by Gasteiger charge is -2.21. The molecule has 0 saturated heterocycles.